The summed E-state index contributed by atoms with van der Waals surface area (Å²) in [5.41, 5.74) is 0.583. The first-order valence-corrected chi connectivity index (χ1v) is 7.16. The molecule has 3 N–H and O–H groups in total. The van der Waals surface area contributed by atoms with Crippen LogP contribution in [0.25, 0.3) is 0 Å². The molecule has 0 aliphatic carbocycles. The second-order valence-electron chi connectivity index (χ2n) is 5.32. The largest absolute Gasteiger partial charge is 0.507 e. The first-order chi connectivity index (χ1) is 11.5. The minimum atomic E-state index is -0.672. The summed E-state index contributed by atoms with van der Waals surface area (Å²) in [4.78, 5) is 12.4. The maximum Gasteiger partial charge on any atom is 0.204 e. The minimum Gasteiger partial charge on any atom is -0.507 e. The molecule has 1 heterocycles. The van der Waals surface area contributed by atoms with Gasteiger partial charge in [0.25, 0.3) is 0 Å². The van der Waals surface area contributed by atoms with Gasteiger partial charge in [-0.2, -0.15) is 0 Å². The number of aromatic hydroxyl groups is 3. The molecule has 1 aliphatic heterocycles. The lowest BCUT2D eigenvalue weighted by atomic mass is 9.95. The number of carbonyl (C=O) groups excluding carboxylic acids is 1. The van der Waals surface area contributed by atoms with Gasteiger partial charge in [-0.25, -0.2) is 0 Å². The molecular formula is C17H16O7. The Labute approximate surface area is 137 Å². The molecule has 0 fully saturated rings. The highest BCUT2D eigenvalue weighted by Gasteiger charge is 2.34. The lowest BCUT2D eigenvalue weighted by Crippen LogP contribution is -2.21. The number of fused-ring (bicyclic) bond motifs is 1. The van der Waals surface area contributed by atoms with Gasteiger partial charge in [0, 0.05) is 6.07 Å². The van der Waals surface area contributed by atoms with Crippen LogP contribution in [0.4, 0.5) is 0 Å². The third-order valence-electron chi connectivity index (χ3n) is 3.88. The van der Waals surface area contributed by atoms with E-state index >= 15 is 0 Å². The Morgan fingerprint density at radius 3 is 2.46 bits per heavy atom. The summed E-state index contributed by atoms with van der Waals surface area (Å²) in [5.74, 6) is -0.851. The monoisotopic (exact) mass is 332 g/mol. The van der Waals surface area contributed by atoms with Gasteiger partial charge in [-0.15, -0.1) is 0 Å². The SMILES string of the molecule is COc1cc([C@@H]2CC(=O)c3c(O)cc(O)c(OC)c3O2)ccc1O. The lowest BCUT2D eigenvalue weighted by Gasteiger charge is -2.27. The highest BCUT2D eigenvalue weighted by Crippen LogP contribution is 2.49. The molecule has 2 aromatic carbocycles. The number of hydrogen-bond donors (Lipinski definition) is 3. The average molecular weight is 332 g/mol. The van der Waals surface area contributed by atoms with E-state index < -0.39 is 6.10 Å². The first-order valence-electron chi connectivity index (χ1n) is 7.16. The topological polar surface area (TPSA) is 105 Å². The van der Waals surface area contributed by atoms with E-state index in [1.807, 2.05) is 0 Å². The quantitative estimate of drug-likeness (QED) is 0.793. The molecule has 0 saturated carbocycles. The van der Waals surface area contributed by atoms with Gasteiger partial charge in [0.2, 0.25) is 5.75 Å². The van der Waals surface area contributed by atoms with Gasteiger partial charge < -0.3 is 29.5 Å². The zero-order valence-electron chi connectivity index (χ0n) is 13.1. The molecule has 2 aromatic rings. The number of hydrogen-bond acceptors (Lipinski definition) is 7. The van der Waals surface area contributed by atoms with Crippen molar-refractivity contribution in [2.45, 2.75) is 12.5 Å². The van der Waals surface area contributed by atoms with Crippen LogP contribution in [0.2, 0.25) is 0 Å². The number of ketones is 1. The van der Waals surface area contributed by atoms with Crippen molar-refractivity contribution >= 4 is 5.78 Å². The number of benzene rings is 2. The number of rotatable bonds is 3. The van der Waals surface area contributed by atoms with E-state index in [1.165, 1.54) is 20.3 Å². The second-order valence-corrected chi connectivity index (χ2v) is 5.32. The van der Waals surface area contributed by atoms with Crippen LogP contribution < -0.4 is 14.2 Å². The Hall–Kier alpha value is -3.09. The number of methoxy groups -OCH3 is 2. The van der Waals surface area contributed by atoms with Gasteiger partial charge >= 0.3 is 0 Å². The molecule has 0 unspecified atom stereocenters. The maximum absolute atomic E-state index is 12.4. The van der Waals surface area contributed by atoms with Crippen LogP contribution in [-0.2, 0) is 0 Å². The van der Waals surface area contributed by atoms with Gasteiger partial charge in [0.15, 0.2) is 28.8 Å². The summed E-state index contributed by atoms with van der Waals surface area (Å²) in [6.07, 6.45) is -0.683. The van der Waals surface area contributed by atoms with Gasteiger partial charge in [-0.1, -0.05) is 6.07 Å². The summed E-state index contributed by atoms with van der Waals surface area (Å²) < 4.78 is 16.0. The van der Waals surface area contributed by atoms with Crippen LogP contribution in [0.15, 0.2) is 24.3 Å². The lowest BCUT2D eigenvalue weighted by molar-refractivity contribution is 0.0836. The van der Waals surface area contributed by atoms with Crippen molar-refractivity contribution < 1.29 is 34.3 Å². The highest BCUT2D eigenvalue weighted by molar-refractivity contribution is 6.03. The normalized spacial score (nSPS) is 16.2. The van der Waals surface area contributed by atoms with E-state index in [1.54, 1.807) is 12.1 Å². The highest BCUT2D eigenvalue weighted by atomic mass is 16.5. The van der Waals surface area contributed by atoms with Crippen LogP contribution in [-0.4, -0.2) is 35.3 Å². The summed E-state index contributed by atoms with van der Waals surface area (Å²) in [6, 6.07) is 5.65. The number of Topliss-reactive ketones (excluding diaryl/α,β-unsaturated/α-hetero) is 1. The molecule has 0 spiro atoms. The molecule has 24 heavy (non-hydrogen) atoms. The summed E-state index contributed by atoms with van der Waals surface area (Å²) in [5, 5.41) is 29.5. The molecule has 1 aliphatic rings. The van der Waals surface area contributed by atoms with Gasteiger partial charge in [0.1, 0.15) is 17.4 Å². The summed E-state index contributed by atoms with van der Waals surface area (Å²) in [6.45, 7) is 0. The van der Waals surface area contributed by atoms with Gasteiger partial charge in [0.05, 0.1) is 20.6 Å². The molecule has 7 heteroatoms. The third-order valence-corrected chi connectivity index (χ3v) is 3.88. The fraction of sp³-hybridized carbons (Fsp3) is 0.235. The van der Waals surface area contributed by atoms with Crippen LogP contribution in [0.1, 0.15) is 28.4 Å². The number of phenols is 3. The van der Waals surface area contributed by atoms with E-state index in [-0.39, 0.29) is 52.3 Å². The van der Waals surface area contributed by atoms with Crippen molar-refractivity contribution in [2.24, 2.45) is 0 Å². The zero-order chi connectivity index (χ0) is 17.4. The predicted molar refractivity (Wildman–Crippen MR) is 83.3 cm³/mol. The molecule has 0 saturated heterocycles. The zero-order valence-corrected chi connectivity index (χ0v) is 13.1. The molecule has 0 amide bonds. The number of phenolic OH excluding ortho intramolecular Hbond substituents is 3. The van der Waals surface area contributed by atoms with Crippen LogP contribution in [0, 0.1) is 0 Å². The molecule has 3 rings (SSSR count). The van der Waals surface area contributed by atoms with E-state index in [2.05, 4.69) is 0 Å². The number of ether oxygens (including phenoxy) is 3. The van der Waals surface area contributed by atoms with Crippen molar-refractivity contribution in [2.75, 3.05) is 14.2 Å². The van der Waals surface area contributed by atoms with Gasteiger partial charge in [-0.05, 0) is 17.7 Å². The number of carbonyl (C=O) groups is 1. The Kier molecular flexibility index (Phi) is 3.84. The predicted octanol–water partition coefficient (Wildman–Crippen LogP) is 2.53. The fourth-order valence-corrected chi connectivity index (χ4v) is 2.73. The minimum absolute atomic E-state index is 0.0108. The Balaban J connectivity index is 2.07. The van der Waals surface area contributed by atoms with Crippen molar-refractivity contribution in [3.05, 3.63) is 35.4 Å². The molecular weight excluding hydrogens is 316 g/mol. The van der Waals surface area contributed by atoms with E-state index in [9.17, 15) is 20.1 Å². The maximum atomic E-state index is 12.4. The molecule has 7 nitrogen and oxygen atoms in total. The van der Waals surface area contributed by atoms with Crippen LogP contribution in [0.3, 0.4) is 0 Å². The van der Waals surface area contributed by atoms with E-state index in [0.29, 0.717) is 5.56 Å². The van der Waals surface area contributed by atoms with Crippen molar-refractivity contribution in [3.8, 4) is 34.5 Å². The fourth-order valence-electron chi connectivity index (χ4n) is 2.73. The Bertz CT molecular complexity index is 813. The van der Waals surface area contributed by atoms with Crippen LogP contribution in [0.5, 0.6) is 34.5 Å². The van der Waals surface area contributed by atoms with E-state index in [4.69, 9.17) is 14.2 Å². The Morgan fingerprint density at radius 2 is 1.79 bits per heavy atom. The average Bonchev–Trinajstić information content (AvgIpc) is 2.54. The molecule has 0 bridgehead atoms. The van der Waals surface area contributed by atoms with Gasteiger partial charge in [-0.3, -0.25) is 4.79 Å². The summed E-state index contributed by atoms with van der Waals surface area (Å²) >= 11 is 0. The Morgan fingerprint density at radius 1 is 1.04 bits per heavy atom. The van der Waals surface area contributed by atoms with Crippen molar-refractivity contribution in [1.82, 2.24) is 0 Å². The standard InChI is InChI=1S/C17H16O7/c1-22-14-5-8(3-4-9(14)18)13-7-11(20)15-10(19)6-12(21)16(23-2)17(15)24-13/h3-6,13,18-19,21H,7H2,1-2H3/t13-/m0/s1. The van der Waals surface area contributed by atoms with Crippen molar-refractivity contribution in [3.63, 3.8) is 0 Å². The first kappa shape index (κ1) is 15.8. The summed E-state index contributed by atoms with van der Waals surface area (Å²) in [7, 11) is 2.74. The second kappa shape index (κ2) is 5.84. The molecule has 0 radical (unpaired) electrons. The smallest absolute Gasteiger partial charge is 0.204 e. The molecule has 0 aromatic heterocycles. The van der Waals surface area contributed by atoms with Crippen LogP contribution >= 0.6 is 0 Å². The molecule has 126 valence electrons. The molecule has 1 atom stereocenters. The van der Waals surface area contributed by atoms with E-state index in [0.717, 1.165) is 6.07 Å². The van der Waals surface area contributed by atoms with Crippen molar-refractivity contribution in [1.29, 1.82) is 0 Å². The third kappa shape index (κ3) is 2.44.